The predicted molar refractivity (Wildman–Crippen MR) is 80.6 cm³/mol. The Balaban J connectivity index is 1.65. The summed E-state index contributed by atoms with van der Waals surface area (Å²) in [5.74, 6) is -0.313. The molecule has 5 nitrogen and oxygen atoms in total. The van der Waals surface area contributed by atoms with Crippen molar-refractivity contribution >= 4 is 11.9 Å². The molecule has 0 radical (unpaired) electrons. The topological polar surface area (TPSA) is 66.8 Å². The number of hydrogen-bond acceptors (Lipinski definition) is 3. The second-order valence-electron chi connectivity index (χ2n) is 6.31. The minimum absolute atomic E-state index is 0.00741. The zero-order valence-corrected chi connectivity index (χ0v) is 12.7. The fourth-order valence-corrected chi connectivity index (χ4v) is 3.46. The smallest absolute Gasteiger partial charge is 0.306 e. The number of rotatable bonds is 2. The molecular formula is C17H21NO4. The number of carbonyl (C=O) groups is 2. The van der Waals surface area contributed by atoms with Crippen LogP contribution in [0.3, 0.4) is 0 Å². The van der Waals surface area contributed by atoms with E-state index in [2.05, 4.69) is 0 Å². The van der Waals surface area contributed by atoms with E-state index >= 15 is 0 Å². The van der Waals surface area contributed by atoms with E-state index in [0.29, 0.717) is 32.5 Å². The van der Waals surface area contributed by atoms with Crippen LogP contribution in [-0.2, 0) is 16.0 Å². The van der Waals surface area contributed by atoms with Crippen LogP contribution in [0.4, 0.5) is 0 Å². The third-order valence-electron chi connectivity index (χ3n) is 4.76. The lowest BCUT2D eigenvalue weighted by atomic mass is 9.86. The average molecular weight is 303 g/mol. The van der Waals surface area contributed by atoms with Gasteiger partial charge in [-0.3, -0.25) is 9.59 Å². The molecule has 3 unspecified atom stereocenters. The number of hydrogen-bond donors (Lipinski definition) is 1. The third kappa shape index (κ3) is 2.80. The molecule has 1 fully saturated rings. The van der Waals surface area contributed by atoms with E-state index in [-0.39, 0.29) is 23.7 Å². The molecule has 1 N–H and O–H groups in total. The first-order chi connectivity index (χ1) is 10.6. The summed E-state index contributed by atoms with van der Waals surface area (Å²) in [4.78, 5) is 25.7. The summed E-state index contributed by atoms with van der Waals surface area (Å²) in [6, 6.07) is 7.80. The number of carboxylic acid groups (broad SMARTS) is 1. The van der Waals surface area contributed by atoms with Gasteiger partial charge in [-0.1, -0.05) is 25.1 Å². The highest BCUT2D eigenvalue weighted by Crippen LogP contribution is 2.30. The molecule has 1 amide bonds. The van der Waals surface area contributed by atoms with Gasteiger partial charge in [-0.2, -0.15) is 0 Å². The largest absolute Gasteiger partial charge is 0.492 e. The SMILES string of the molecule is CC1CN(C(=O)C2COc3ccccc3C2)CCC1C(=O)O. The van der Waals surface area contributed by atoms with E-state index in [1.165, 1.54) is 0 Å². The third-order valence-corrected chi connectivity index (χ3v) is 4.76. The van der Waals surface area contributed by atoms with Gasteiger partial charge in [0.1, 0.15) is 12.4 Å². The van der Waals surface area contributed by atoms with E-state index in [9.17, 15) is 9.59 Å². The minimum Gasteiger partial charge on any atom is -0.492 e. The molecule has 2 aliphatic rings. The van der Waals surface area contributed by atoms with E-state index < -0.39 is 5.97 Å². The Morgan fingerprint density at radius 1 is 1.32 bits per heavy atom. The number of para-hydroxylation sites is 1. The van der Waals surface area contributed by atoms with Crippen LogP contribution in [0, 0.1) is 17.8 Å². The first kappa shape index (κ1) is 14.9. The number of fused-ring (bicyclic) bond motifs is 1. The molecule has 0 saturated carbocycles. The van der Waals surface area contributed by atoms with Crippen LogP contribution in [0.15, 0.2) is 24.3 Å². The van der Waals surface area contributed by atoms with Crippen molar-refractivity contribution in [3.05, 3.63) is 29.8 Å². The van der Waals surface area contributed by atoms with Crippen molar-refractivity contribution in [1.29, 1.82) is 0 Å². The lowest BCUT2D eigenvalue weighted by Crippen LogP contribution is -2.48. The molecule has 118 valence electrons. The van der Waals surface area contributed by atoms with Gasteiger partial charge in [-0.05, 0) is 30.4 Å². The van der Waals surface area contributed by atoms with Crippen molar-refractivity contribution in [3.63, 3.8) is 0 Å². The van der Waals surface area contributed by atoms with Crippen LogP contribution in [0.5, 0.6) is 5.75 Å². The summed E-state index contributed by atoms with van der Waals surface area (Å²) >= 11 is 0. The molecule has 1 aromatic carbocycles. The Labute approximate surface area is 129 Å². The Hall–Kier alpha value is -2.04. The summed E-state index contributed by atoms with van der Waals surface area (Å²) < 4.78 is 5.69. The summed E-state index contributed by atoms with van der Waals surface area (Å²) in [5.41, 5.74) is 1.07. The van der Waals surface area contributed by atoms with Crippen molar-refractivity contribution < 1.29 is 19.4 Å². The zero-order valence-electron chi connectivity index (χ0n) is 12.7. The van der Waals surface area contributed by atoms with Crippen molar-refractivity contribution in [2.45, 2.75) is 19.8 Å². The quantitative estimate of drug-likeness (QED) is 0.905. The Morgan fingerprint density at radius 2 is 2.09 bits per heavy atom. The van der Waals surface area contributed by atoms with Gasteiger partial charge in [0.2, 0.25) is 5.91 Å². The summed E-state index contributed by atoms with van der Waals surface area (Å²) in [7, 11) is 0. The molecular weight excluding hydrogens is 282 g/mol. The molecule has 1 aromatic rings. The monoisotopic (exact) mass is 303 g/mol. The van der Waals surface area contributed by atoms with Gasteiger partial charge < -0.3 is 14.7 Å². The summed E-state index contributed by atoms with van der Waals surface area (Å²) in [6.07, 6.45) is 1.23. The second kappa shape index (κ2) is 5.99. The normalized spacial score (nSPS) is 27.7. The molecule has 5 heteroatoms. The van der Waals surface area contributed by atoms with Gasteiger partial charge in [0, 0.05) is 13.1 Å². The molecule has 0 aromatic heterocycles. The molecule has 0 aliphatic carbocycles. The highest BCUT2D eigenvalue weighted by Gasteiger charge is 2.36. The Kier molecular flexibility index (Phi) is 4.05. The lowest BCUT2D eigenvalue weighted by molar-refractivity contribution is -0.150. The van der Waals surface area contributed by atoms with Gasteiger partial charge in [-0.25, -0.2) is 0 Å². The number of amides is 1. The van der Waals surface area contributed by atoms with Gasteiger partial charge in [-0.15, -0.1) is 0 Å². The maximum absolute atomic E-state index is 12.7. The summed E-state index contributed by atoms with van der Waals surface area (Å²) in [6.45, 7) is 3.36. The van der Waals surface area contributed by atoms with Crippen LogP contribution >= 0.6 is 0 Å². The Morgan fingerprint density at radius 3 is 2.82 bits per heavy atom. The maximum Gasteiger partial charge on any atom is 0.306 e. The molecule has 3 rings (SSSR count). The van der Waals surface area contributed by atoms with Crippen LogP contribution < -0.4 is 4.74 Å². The van der Waals surface area contributed by atoms with E-state index in [1.54, 1.807) is 0 Å². The predicted octanol–water partition coefficient (Wildman–Crippen LogP) is 1.81. The van der Waals surface area contributed by atoms with E-state index in [4.69, 9.17) is 9.84 Å². The average Bonchev–Trinajstić information content (AvgIpc) is 2.53. The standard InChI is InChI=1S/C17H21NO4/c1-11-9-18(7-6-14(11)17(20)21)16(19)13-8-12-4-2-3-5-15(12)22-10-13/h2-5,11,13-14H,6-10H2,1H3,(H,20,21). The number of nitrogens with zero attached hydrogens (tertiary/aromatic N) is 1. The van der Waals surface area contributed by atoms with Gasteiger partial charge in [0.15, 0.2) is 0 Å². The highest BCUT2D eigenvalue weighted by molar-refractivity contribution is 5.80. The van der Waals surface area contributed by atoms with Crippen LogP contribution in [-0.4, -0.2) is 41.6 Å². The van der Waals surface area contributed by atoms with Gasteiger partial charge >= 0.3 is 5.97 Å². The second-order valence-corrected chi connectivity index (χ2v) is 6.31. The molecule has 2 aliphatic heterocycles. The van der Waals surface area contributed by atoms with Crippen molar-refractivity contribution in [1.82, 2.24) is 4.90 Å². The van der Waals surface area contributed by atoms with Crippen LogP contribution in [0.25, 0.3) is 0 Å². The number of piperidine rings is 1. The summed E-state index contributed by atoms with van der Waals surface area (Å²) in [5, 5.41) is 9.17. The van der Waals surface area contributed by atoms with Gasteiger partial charge in [0.05, 0.1) is 11.8 Å². The zero-order chi connectivity index (χ0) is 15.7. The van der Waals surface area contributed by atoms with E-state index in [1.807, 2.05) is 36.1 Å². The minimum atomic E-state index is -0.755. The van der Waals surface area contributed by atoms with Crippen molar-refractivity contribution in [2.24, 2.45) is 17.8 Å². The van der Waals surface area contributed by atoms with Crippen LogP contribution in [0.2, 0.25) is 0 Å². The maximum atomic E-state index is 12.7. The number of benzene rings is 1. The van der Waals surface area contributed by atoms with Gasteiger partial charge in [0.25, 0.3) is 0 Å². The molecule has 0 spiro atoms. The number of likely N-dealkylation sites (tertiary alicyclic amines) is 1. The number of carboxylic acids is 1. The molecule has 3 atom stereocenters. The van der Waals surface area contributed by atoms with Crippen LogP contribution in [0.1, 0.15) is 18.9 Å². The Bertz CT molecular complexity index is 586. The molecule has 0 bridgehead atoms. The fourth-order valence-electron chi connectivity index (χ4n) is 3.46. The number of aliphatic carboxylic acids is 1. The van der Waals surface area contributed by atoms with Crippen molar-refractivity contribution in [2.75, 3.05) is 19.7 Å². The first-order valence-corrected chi connectivity index (χ1v) is 7.78. The molecule has 1 saturated heterocycles. The fraction of sp³-hybridized carbons (Fsp3) is 0.529. The van der Waals surface area contributed by atoms with Crippen molar-refractivity contribution in [3.8, 4) is 5.75 Å². The lowest BCUT2D eigenvalue weighted by Gasteiger charge is -2.37. The van der Waals surface area contributed by atoms with E-state index in [0.717, 1.165) is 11.3 Å². The molecule has 2 heterocycles. The first-order valence-electron chi connectivity index (χ1n) is 7.78. The number of ether oxygens (including phenoxy) is 1. The number of carbonyl (C=O) groups excluding carboxylic acids is 1. The molecule has 22 heavy (non-hydrogen) atoms. The highest BCUT2D eigenvalue weighted by atomic mass is 16.5.